The van der Waals surface area contributed by atoms with E-state index in [-0.39, 0.29) is 0 Å². The van der Waals surface area contributed by atoms with Gasteiger partial charge in [0.15, 0.2) is 0 Å². The molecule has 3 heteroatoms. The minimum atomic E-state index is -0.781. The van der Waals surface area contributed by atoms with Crippen LogP contribution < -0.4 is 0 Å². The Kier molecular flexibility index (Phi) is 3.36. The SMILES string of the molecule is C#C[Si][Si][Si](C)(C)C. The molecule has 42 valence electrons. The van der Waals surface area contributed by atoms with E-state index in [1.54, 1.807) is 0 Å². The van der Waals surface area contributed by atoms with Crippen molar-refractivity contribution in [3.05, 3.63) is 0 Å². The molecule has 4 radical (unpaired) electrons. The molecule has 0 aromatic heterocycles. The van der Waals surface area contributed by atoms with Crippen LogP contribution in [-0.2, 0) is 0 Å². The lowest BCUT2D eigenvalue weighted by Crippen LogP contribution is -2.33. The molecular formula is C5H10Si3. The van der Waals surface area contributed by atoms with Crippen molar-refractivity contribution < 1.29 is 0 Å². The summed E-state index contributed by atoms with van der Waals surface area (Å²) >= 11 is 0. The van der Waals surface area contributed by atoms with Crippen LogP contribution in [0.3, 0.4) is 0 Å². The lowest BCUT2D eigenvalue weighted by Gasteiger charge is -2.10. The first-order chi connectivity index (χ1) is 3.56. The summed E-state index contributed by atoms with van der Waals surface area (Å²) in [5, 5.41) is 0. The molecule has 0 aromatic carbocycles. The summed E-state index contributed by atoms with van der Waals surface area (Å²) in [4.78, 5) is 0. The summed E-state index contributed by atoms with van der Waals surface area (Å²) in [6, 6.07) is 0. The van der Waals surface area contributed by atoms with Gasteiger partial charge in [-0.15, -0.1) is 12.0 Å². The minimum absolute atomic E-state index is 0.781. The second-order valence-electron chi connectivity index (χ2n) is 2.64. The average Bonchev–Trinajstić information content (AvgIpc) is 1.59. The molecule has 0 aliphatic heterocycles. The zero-order valence-corrected chi connectivity index (χ0v) is 8.58. The van der Waals surface area contributed by atoms with E-state index in [4.69, 9.17) is 6.42 Å². The Morgan fingerprint density at radius 1 is 1.38 bits per heavy atom. The van der Waals surface area contributed by atoms with E-state index in [9.17, 15) is 0 Å². The summed E-state index contributed by atoms with van der Waals surface area (Å²) in [6.45, 7) is 7.07. The quantitative estimate of drug-likeness (QED) is 0.406. The van der Waals surface area contributed by atoms with Gasteiger partial charge >= 0.3 is 0 Å². The molecule has 0 atom stereocenters. The molecule has 0 amide bonds. The molecule has 8 heavy (non-hydrogen) atoms. The van der Waals surface area contributed by atoms with Crippen LogP contribution in [-0.4, -0.2) is 25.2 Å². The molecule has 0 rings (SSSR count). The molecule has 0 N–H and O–H groups in total. The molecule has 0 nitrogen and oxygen atoms in total. The fourth-order valence-corrected chi connectivity index (χ4v) is 6.04. The number of terminal acetylenes is 1. The molecular weight excluding hydrogens is 144 g/mol. The molecule has 0 aliphatic carbocycles. The predicted octanol–water partition coefficient (Wildman–Crippen LogP) is 0.735. The Hall–Kier alpha value is 0.211. The fourth-order valence-electron chi connectivity index (χ4n) is 0.224. The fraction of sp³-hybridized carbons (Fsp3) is 0.600. The first kappa shape index (κ1) is 8.21. The second kappa shape index (κ2) is 3.28. The third-order valence-electron chi connectivity index (χ3n) is 0.510. The standard InChI is InChI=1S/C5H10Si3/c1-5-6-7-8(2,3)4/h1H,2-4H3. The van der Waals surface area contributed by atoms with Crippen LogP contribution in [0.25, 0.3) is 0 Å². The third-order valence-corrected chi connectivity index (χ3v) is 12.5. The highest BCUT2D eigenvalue weighted by atomic mass is 29.6. The van der Waals surface area contributed by atoms with Gasteiger partial charge in [0.25, 0.3) is 0 Å². The zero-order valence-electron chi connectivity index (χ0n) is 5.58. The van der Waals surface area contributed by atoms with Crippen molar-refractivity contribution in [2.45, 2.75) is 19.6 Å². The highest BCUT2D eigenvalue weighted by Crippen LogP contribution is 1.94. The minimum Gasteiger partial charge on any atom is -0.143 e. The normalized spacial score (nSPS) is 10.8. The highest BCUT2D eigenvalue weighted by Gasteiger charge is 2.11. The van der Waals surface area contributed by atoms with Crippen molar-refractivity contribution >= 4 is 25.2 Å². The van der Waals surface area contributed by atoms with Crippen LogP contribution in [0.5, 0.6) is 0 Å². The molecule has 0 heterocycles. The molecule has 0 saturated heterocycles. The zero-order chi connectivity index (χ0) is 6.62. The van der Waals surface area contributed by atoms with E-state index in [2.05, 4.69) is 25.2 Å². The van der Waals surface area contributed by atoms with Crippen LogP contribution >= 0.6 is 0 Å². The van der Waals surface area contributed by atoms with Crippen LogP contribution in [0.2, 0.25) is 19.6 Å². The van der Waals surface area contributed by atoms with E-state index in [0.717, 1.165) is 17.6 Å². The van der Waals surface area contributed by atoms with E-state index >= 15 is 0 Å². The van der Waals surface area contributed by atoms with Gasteiger partial charge in [-0.25, -0.2) is 0 Å². The van der Waals surface area contributed by atoms with Crippen molar-refractivity contribution in [3.63, 3.8) is 0 Å². The Labute approximate surface area is 57.3 Å². The van der Waals surface area contributed by atoms with Crippen LogP contribution in [0.15, 0.2) is 0 Å². The van der Waals surface area contributed by atoms with E-state index in [1.807, 2.05) is 0 Å². The lowest BCUT2D eigenvalue weighted by atomic mass is 11.4. The predicted molar refractivity (Wildman–Crippen MR) is 43.7 cm³/mol. The Balaban J connectivity index is 3.28. The van der Waals surface area contributed by atoms with E-state index in [1.165, 1.54) is 0 Å². The Morgan fingerprint density at radius 3 is 2.00 bits per heavy atom. The third kappa shape index (κ3) is 6.21. The van der Waals surface area contributed by atoms with Crippen molar-refractivity contribution in [2.24, 2.45) is 0 Å². The van der Waals surface area contributed by atoms with Crippen molar-refractivity contribution in [1.29, 1.82) is 0 Å². The highest BCUT2D eigenvalue weighted by molar-refractivity contribution is 7.43. The monoisotopic (exact) mass is 154 g/mol. The second-order valence-corrected chi connectivity index (χ2v) is 16.2. The molecule has 0 spiro atoms. The molecule has 0 aromatic rings. The first-order valence-corrected chi connectivity index (χ1v) is 10.0. The van der Waals surface area contributed by atoms with Gasteiger partial charge in [-0.2, -0.15) is 0 Å². The number of hydrogen-bond acceptors (Lipinski definition) is 0. The van der Waals surface area contributed by atoms with Crippen molar-refractivity contribution in [3.8, 4) is 12.0 Å². The molecule has 0 saturated carbocycles. The van der Waals surface area contributed by atoms with Crippen molar-refractivity contribution in [1.82, 2.24) is 0 Å². The molecule has 0 aliphatic rings. The van der Waals surface area contributed by atoms with Gasteiger partial charge in [-0.1, -0.05) is 19.6 Å². The Morgan fingerprint density at radius 2 is 1.88 bits per heavy atom. The summed E-state index contributed by atoms with van der Waals surface area (Å²) in [6.07, 6.45) is 5.13. The van der Waals surface area contributed by atoms with Gasteiger partial charge < -0.3 is 0 Å². The van der Waals surface area contributed by atoms with E-state index < -0.39 is 7.59 Å². The van der Waals surface area contributed by atoms with Gasteiger partial charge in [0.2, 0.25) is 0 Å². The molecule has 0 fully saturated rings. The van der Waals surface area contributed by atoms with Gasteiger partial charge in [0, 0.05) is 16.1 Å². The largest absolute Gasteiger partial charge is 0.143 e. The summed E-state index contributed by atoms with van der Waals surface area (Å²) in [5.74, 6) is 0. The summed E-state index contributed by atoms with van der Waals surface area (Å²) in [5.41, 5.74) is 2.70. The van der Waals surface area contributed by atoms with E-state index in [0.29, 0.717) is 0 Å². The molecule has 0 bridgehead atoms. The maximum atomic E-state index is 5.13. The van der Waals surface area contributed by atoms with Gasteiger partial charge in [0.05, 0.1) is 0 Å². The van der Waals surface area contributed by atoms with Crippen LogP contribution in [0, 0.1) is 12.0 Å². The van der Waals surface area contributed by atoms with Gasteiger partial charge in [-0.3, -0.25) is 0 Å². The van der Waals surface area contributed by atoms with Crippen molar-refractivity contribution in [2.75, 3.05) is 0 Å². The number of hydrogen-bond donors (Lipinski definition) is 0. The number of rotatable bonds is 2. The maximum Gasteiger partial charge on any atom is 0.125 e. The summed E-state index contributed by atoms with van der Waals surface area (Å²) < 4.78 is 0. The maximum absolute atomic E-state index is 5.13. The Bertz CT molecular complexity index is 95.2. The van der Waals surface area contributed by atoms with Crippen LogP contribution in [0.1, 0.15) is 0 Å². The molecule has 0 unspecified atom stereocenters. The van der Waals surface area contributed by atoms with Gasteiger partial charge in [0.1, 0.15) is 9.04 Å². The average molecular weight is 154 g/mol. The van der Waals surface area contributed by atoms with Gasteiger partial charge in [-0.05, 0) is 0 Å². The first-order valence-electron chi connectivity index (χ1n) is 2.54. The topological polar surface area (TPSA) is 0 Å². The smallest absolute Gasteiger partial charge is 0.125 e. The lowest BCUT2D eigenvalue weighted by molar-refractivity contribution is 1.86. The summed E-state index contributed by atoms with van der Waals surface area (Å²) in [7, 11) is 1.08. The van der Waals surface area contributed by atoms with Crippen LogP contribution in [0.4, 0.5) is 0 Å².